The van der Waals surface area contributed by atoms with Crippen LogP contribution in [0.4, 0.5) is 21.5 Å². The Hall–Kier alpha value is -3.62. The number of nitrogen functional groups attached to an aromatic ring is 1. The standard InChI is InChI=1S/C25H28FN5O3/c26-18-9-11-31(12-10-18)22-8-4-16(14-21(22)27)24-29-23(30-34-24)15-1-5-19(6-2-15)28-20-7-3-17(13-20)25(32)33/h1-2,4-6,8,14,17-18,20,28H,3,7,9-13,27H2,(H,32,33)/t17-,20+/m0/s1. The summed E-state index contributed by atoms with van der Waals surface area (Å²) in [6.45, 7) is 1.31. The van der Waals surface area contributed by atoms with Gasteiger partial charge in [0.05, 0.1) is 17.3 Å². The van der Waals surface area contributed by atoms with E-state index in [1.54, 1.807) is 0 Å². The predicted octanol–water partition coefficient (Wildman–Crippen LogP) is 4.59. The van der Waals surface area contributed by atoms with Crippen molar-refractivity contribution in [2.24, 2.45) is 5.92 Å². The van der Waals surface area contributed by atoms with Gasteiger partial charge in [-0.1, -0.05) is 5.16 Å². The van der Waals surface area contributed by atoms with Crippen molar-refractivity contribution >= 4 is 23.0 Å². The second-order valence-corrected chi connectivity index (χ2v) is 9.13. The number of nitrogens with one attached hydrogen (secondary N) is 1. The van der Waals surface area contributed by atoms with Gasteiger partial charge < -0.3 is 25.6 Å². The fraction of sp³-hybridized carbons (Fsp3) is 0.400. The molecule has 0 spiro atoms. The normalized spacial score (nSPS) is 21.0. The molecule has 1 aromatic heterocycles. The molecule has 1 saturated carbocycles. The Bertz CT molecular complexity index is 1160. The van der Waals surface area contributed by atoms with Gasteiger partial charge in [0.1, 0.15) is 6.17 Å². The second kappa shape index (κ2) is 9.32. The van der Waals surface area contributed by atoms with E-state index >= 15 is 0 Å². The molecule has 2 aliphatic rings. The first-order valence-electron chi connectivity index (χ1n) is 11.7. The van der Waals surface area contributed by atoms with Gasteiger partial charge in [0.15, 0.2) is 0 Å². The summed E-state index contributed by atoms with van der Waals surface area (Å²) < 4.78 is 18.9. The zero-order chi connectivity index (χ0) is 23.7. The number of carboxylic acids is 1. The van der Waals surface area contributed by atoms with Gasteiger partial charge in [-0.2, -0.15) is 4.98 Å². The summed E-state index contributed by atoms with van der Waals surface area (Å²) in [5, 5.41) is 16.7. The molecule has 5 rings (SSSR count). The predicted molar refractivity (Wildman–Crippen MR) is 128 cm³/mol. The number of benzene rings is 2. The first-order chi connectivity index (χ1) is 16.5. The molecule has 4 N–H and O–H groups in total. The number of hydrogen-bond acceptors (Lipinski definition) is 7. The molecule has 0 unspecified atom stereocenters. The zero-order valence-corrected chi connectivity index (χ0v) is 18.8. The number of nitrogens with zero attached hydrogens (tertiary/aromatic N) is 3. The number of carbonyl (C=O) groups is 1. The van der Waals surface area contributed by atoms with E-state index in [1.807, 2.05) is 42.5 Å². The molecule has 0 bridgehead atoms. The lowest BCUT2D eigenvalue weighted by atomic mass is 10.1. The number of rotatable bonds is 6. The lowest BCUT2D eigenvalue weighted by molar-refractivity contribution is -0.141. The molecule has 3 aromatic rings. The third-order valence-electron chi connectivity index (χ3n) is 6.76. The third-order valence-corrected chi connectivity index (χ3v) is 6.76. The molecule has 1 saturated heterocycles. The fourth-order valence-corrected chi connectivity index (χ4v) is 4.81. The summed E-state index contributed by atoms with van der Waals surface area (Å²) in [5.74, 6) is -0.130. The van der Waals surface area contributed by atoms with Crippen LogP contribution in [0.5, 0.6) is 0 Å². The van der Waals surface area contributed by atoms with Gasteiger partial charge in [-0.05, 0) is 74.6 Å². The molecule has 34 heavy (non-hydrogen) atoms. The summed E-state index contributed by atoms with van der Waals surface area (Å²) >= 11 is 0. The van der Waals surface area contributed by atoms with Crippen molar-refractivity contribution in [3.05, 3.63) is 42.5 Å². The van der Waals surface area contributed by atoms with Crippen LogP contribution >= 0.6 is 0 Å². The Morgan fingerprint density at radius 3 is 2.50 bits per heavy atom. The van der Waals surface area contributed by atoms with Gasteiger partial charge >= 0.3 is 5.97 Å². The highest BCUT2D eigenvalue weighted by molar-refractivity contribution is 5.75. The van der Waals surface area contributed by atoms with Gasteiger partial charge in [0, 0.05) is 35.9 Å². The Morgan fingerprint density at radius 2 is 1.82 bits per heavy atom. The van der Waals surface area contributed by atoms with Crippen molar-refractivity contribution in [2.75, 3.05) is 29.0 Å². The minimum absolute atomic E-state index is 0.167. The average molecular weight is 466 g/mol. The molecule has 1 aliphatic carbocycles. The molecule has 2 heterocycles. The van der Waals surface area contributed by atoms with Crippen molar-refractivity contribution < 1.29 is 18.8 Å². The van der Waals surface area contributed by atoms with Crippen LogP contribution in [0, 0.1) is 5.92 Å². The molecule has 2 atom stereocenters. The topological polar surface area (TPSA) is 118 Å². The van der Waals surface area contributed by atoms with Crippen LogP contribution in [0.15, 0.2) is 47.0 Å². The molecule has 9 heteroatoms. The summed E-state index contributed by atoms with van der Waals surface area (Å²) in [5.41, 5.74) is 10.3. The van der Waals surface area contributed by atoms with E-state index in [9.17, 15) is 9.18 Å². The molecule has 2 fully saturated rings. The van der Waals surface area contributed by atoms with Crippen molar-refractivity contribution in [3.8, 4) is 22.8 Å². The van der Waals surface area contributed by atoms with Crippen molar-refractivity contribution in [3.63, 3.8) is 0 Å². The molecule has 1 aliphatic heterocycles. The van der Waals surface area contributed by atoms with Crippen LogP contribution in [0.25, 0.3) is 22.8 Å². The third kappa shape index (κ3) is 4.69. The first-order valence-corrected chi connectivity index (χ1v) is 11.7. The number of anilines is 3. The molecule has 8 nitrogen and oxygen atoms in total. The van der Waals surface area contributed by atoms with Gasteiger partial charge in [0.2, 0.25) is 5.82 Å². The number of aromatic nitrogens is 2. The van der Waals surface area contributed by atoms with Crippen LogP contribution < -0.4 is 16.0 Å². The van der Waals surface area contributed by atoms with E-state index in [2.05, 4.69) is 20.4 Å². The highest BCUT2D eigenvalue weighted by Crippen LogP contribution is 2.32. The maximum atomic E-state index is 13.4. The molecule has 178 valence electrons. The van der Waals surface area contributed by atoms with Crippen molar-refractivity contribution in [1.82, 2.24) is 10.1 Å². The number of halogens is 1. The number of hydrogen-bond donors (Lipinski definition) is 3. The lowest BCUT2D eigenvalue weighted by Gasteiger charge is -2.31. The minimum atomic E-state index is -0.731. The largest absolute Gasteiger partial charge is 0.481 e. The Balaban J connectivity index is 1.25. The number of alkyl halides is 1. The van der Waals surface area contributed by atoms with Crippen LogP contribution in [-0.4, -0.2) is 46.5 Å². The number of carboxylic acid groups (broad SMARTS) is 1. The summed E-state index contributed by atoms with van der Waals surface area (Å²) in [4.78, 5) is 17.8. The van der Waals surface area contributed by atoms with Gasteiger partial charge in [-0.15, -0.1) is 0 Å². The maximum absolute atomic E-state index is 13.4. The number of piperidine rings is 1. The van der Waals surface area contributed by atoms with Gasteiger partial charge in [-0.3, -0.25) is 4.79 Å². The smallest absolute Gasteiger partial charge is 0.306 e. The van der Waals surface area contributed by atoms with Crippen LogP contribution in [0.1, 0.15) is 32.1 Å². The molecular formula is C25H28FN5O3. The van der Waals surface area contributed by atoms with E-state index < -0.39 is 12.1 Å². The molecule has 2 aromatic carbocycles. The summed E-state index contributed by atoms with van der Waals surface area (Å²) in [6.07, 6.45) is 2.51. The number of nitrogens with two attached hydrogens (primary N) is 1. The van der Waals surface area contributed by atoms with E-state index in [1.165, 1.54) is 0 Å². The Kier molecular flexibility index (Phi) is 6.08. The van der Waals surface area contributed by atoms with E-state index in [-0.39, 0.29) is 12.0 Å². The Labute approximate surface area is 197 Å². The maximum Gasteiger partial charge on any atom is 0.306 e. The number of aliphatic carboxylic acids is 1. The minimum Gasteiger partial charge on any atom is -0.481 e. The van der Waals surface area contributed by atoms with Crippen LogP contribution in [0.3, 0.4) is 0 Å². The van der Waals surface area contributed by atoms with E-state index in [0.717, 1.165) is 28.9 Å². The van der Waals surface area contributed by atoms with Crippen molar-refractivity contribution in [2.45, 2.75) is 44.3 Å². The quantitative estimate of drug-likeness (QED) is 0.453. The molecular weight excluding hydrogens is 437 g/mol. The highest BCUT2D eigenvalue weighted by Gasteiger charge is 2.29. The second-order valence-electron chi connectivity index (χ2n) is 9.13. The van der Waals surface area contributed by atoms with E-state index in [4.69, 9.17) is 15.4 Å². The Morgan fingerprint density at radius 1 is 1.09 bits per heavy atom. The van der Waals surface area contributed by atoms with E-state index in [0.29, 0.717) is 56.2 Å². The molecule has 0 amide bonds. The first kappa shape index (κ1) is 22.2. The summed E-state index contributed by atoms with van der Waals surface area (Å²) in [6, 6.07) is 13.5. The summed E-state index contributed by atoms with van der Waals surface area (Å²) in [7, 11) is 0. The SMILES string of the molecule is Nc1cc(-c2nc(-c3ccc(N[C@@H]4CC[C@H](C(=O)O)C4)cc3)no2)ccc1N1CCC(F)CC1. The fourth-order valence-electron chi connectivity index (χ4n) is 4.81. The highest BCUT2D eigenvalue weighted by atomic mass is 19.1. The lowest BCUT2D eigenvalue weighted by Crippen LogP contribution is -2.34. The van der Waals surface area contributed by atoms with Gasteiger partial charge in [0.25, 0.3) is 5.89 Å². The van der Waals surface area contributed by atoms with Gasteiger partial charge in [-0.25, -0.2) is 4.39 Å². The van der Waals surface area contributed by atoms with Crippen molar-refractivity contribution in [1.29, 1.82) is 0 Å². The monoisotopic (exact) mass is 465 g/mol. The van der Waals surface area contributed by atoms with Crippen LogP contribution in [-0.2, 0) is 4.79 Å². The zero-order valence-electron chi connectivity index (χ0n) is 18.8. The molecule has 0 radical (unpaired) electrons. The average Bonchev–Trinajstić information content (AvgIpc) is 3.51. The van der Waals surface area contributed by atoms with Crippen LogP contribution in [0.2, 0.25) is 0 Å².